The molecule has 3 heteroatoms. The number of hydrogen-bond acceptors (Lipinski definition) is 3. The SMILES string of the molecule is c1ccc(-c2nc3ccc4c(-c5cccc(-c6ccc7c8ccccc8c8ccccc8c7c6)c5)nc5ccccc5c4c3nc2-c2ccccc2)cc1. The Hall–Kier alpha value is -7.23. The summed E-state index contributed by atoms with van der Waals surface area (Å²) in [5.41, 5.74) is 10.8. The van der Waals surface area contributed by atoms with Gasteiger partial charge in [0, 0.05) is 32.8 Å². The van der Waals surface area contributed by atoms with E-state index < -0.39 is 0 Å². The van der Waals surface area contributed by atoms with Crippen molar-refractivity contribution in [1.29, 1.82) is 0 Å². The summed E-state index contributed by atoms with van der Waals surface area (Å²) in [7, 11) is 0. The van der Waals surface area contributed by atoms with Crippen molar-refractivity contribution < 1.29 is 0 Å². The van der Waals surface area contributed by atoms with Crippen molar-refractivity contribution in [3.8, 4) is 44.9 Å². The highest BCUT2D eigenvalue weighted by Gasteiger charge is 2.19. The highest BCUT2D eigenvalue weighted by Crippen LogP contribution is 2.41. The summed E-state index contributed by atoms with van der Waals surface area (Å²) in [5.74, 6) is 0. The lowest BCUT2D eigenvalue weighted by Gasteiger charge is -2.15. The molecule has 0 N–H and O–H groups in total. The van der Waals surface area contributed by atoms with Gasteiger partial charge in [-0.2, -0.15) is 0 Å². The number of para-hydroxylation sites is 1. The van der Waals surface area contributed by atoms with Gasteiger partial charge in [-0.15, -0.1) is 0 Å². The van der Waals surface area contributed by atoms with Crippen molar-refractivity contribution in [2.75, 3.05) is 0 Å². The van der Waals surface area contributed by atoms with Gasteiger partial charge in [-0.3, -0.25) is 0 Å². The van der Waals surface area contributed by atoms with Crippen LogP contribution in [-0.4, -0.2) is 15.0 Å². The summed E-state index contributed by atoms with van der Waals surface area (Å²) < 4.78 is 0. The zero-order valence-electron chi connectivity index (χ0n) is 29.2. The maximum atomic E-state index is 5.49. The van der Waals surface area contributed by atoms with Gasteiger partial charge < -0.3 is 0 Å². The molecule has 2 heterocycles. The Labute approximate surface area is 311 Å². The lowest BCUT2D eigenvalue weighted by molar-refractivity contribution is 1.30. The molecular formula is C51H31N3. The predicted molar refractivity (Wildman–Crippen MR) is 227 cm³/mol. The van der Waals surface area contributed by atoms with Gasteiger partial charge >= 0.3 is 0 Å². The van der Waals surface area contributed by atoms with E-state index in [9.17, 15) is 0 Å². The Bertz CT molecular complexity index is 3230. The molecule has 0 fully saturated rings. The Morgan fingerprint density at radius 3 is 1.41 bits per heavy atom. The third kappa shape index (κ3) is 4.79. The molecule has 0 aliphatic carbocycles. The van der Waals surface area contributed by atoms with Gasteiger partial charge in [0.05, 0.1) is 33.6 Å². The number of fused-ring (bicyclic) bond motifs is 11. The van der Waals surface area contributed by atoms with Crippen LogP contribution in [0.1, 0.15) is 0 Å². The molecule has 9 aromatic carbocycles. The van der Waals surface area contributed by atoms with E-state index >= 15 is 0 Å². The molecule has 11 rings (SSSR count). The normalized spacial score (nSPS) is 11.7. The molecule has 2 aromatic heterocycles. The molecule has 11 aromatic rings. The maximum absolute atomic E-state index is 5.49. The average molecular weight is 686 g/mol. The maximum Gasteiger partial charge on any atom is 0.0980 e. The van der Waals surface area contributed by atoms with Crippen LogP contribution in [0, 0.1) is 0 Å². The lowest BCUT2D eigenvalue weighted by atomic mass is 9.91. The molecule has 0 atom stereocenters. The minimum atomic E-state index is 0.855. The highest BCUT2D eigenvalue weighted by atomic mass is 14.8. The molecule has 54 heavy (non-hydrogen) atoms. The standard InChI is InChI=1S/C51H31N3/c1-3-14-32(15-4-1)49-50(33-16-5-2-6-17-33)54-51-46(53-49)29-28-43-47(51)42-24-11-12-25-45(42)52-48(43)36-19-13-18-34(30-36)35-26-27-41-39-22-8-7-20-37(39)38-21-9-10-23-40(38)44(41)31-35/h1-31H. The Morgan fingerprint density at radius 1 is 0.241 bits per heavy atom. The number of aromatic nitrogens is 3. The number of hydrogen-bond donors (Lipinski definition) is 0. The van der Waals surface area contributed by atoms with Crippen LogP contribution in [0.4, 0.5) is 0 Å². The monoisotopic (exact) mass is 685 g/mol. The first-order valence-electron chi connectivity index (χ1n) is 18.4. The van der Waals surface area contributed by atoms with Crippen molar-refractivity contribution in [1.82, 2.24) is 15.0 Å². The predicted octanol–water partition coefficient (Wildman–Crippen LogP) is 13.5. The van der Waals surface area contributed by atoms with E-state index in [0.717, 1.165) is 72.0 Å². The summed E-state index contributed by atoms with van der Waals surface area (Å²) in [6.45, 7) is 0. The van der Waals surface area contributed by atoms with E-state index in [2.05, 4.69) is 176 Å². The average Bonchev–Trinajstić information content (AvgIpc) is 3.26. The van der Waals surface area contributed by atoms with Gasteiger partial charge in [-0.05, 0) is 73.8 Å². The Kier molecular flexibility index (Phi) is 6.86. The van der Waals surface area contributed by atoms with E-state index in [-0.39, 0.29) is 0 Å². The Morgan fingerprint density at radius 2 is 0.722 bits per heavy atom. The second kappa shape index (κ2) is 12.2. The summed E-state index contributed by atoms with van der Waals surface area (Å²) in [6.07, 6.45) is 0. The summed E-state index contributed by atoms with van der Waals surface area (Å²) >= 11 is 0. The third-order valence-corrected chi connectivity index (χ3v) is 10.8. The van der Waals surface area contributed by atoms with E-state index in [1.54, 1.807) is 0 Å². The minimum Gasteiger partial charge on any atom is -0.247 e. The molecule has 0 unspecified atom stereocenters. The summed E-state index contributed by atoms with van der Waals surface area (Å²) in [6, 6.07) is 66.6. The first-order chi connectivity index (χ1) is 26.8. The molecule has 0 amide bonds. The van der Waals surface area contributed by atoms with Crippen LogP contribution in [0.15, 0.2) is 188 Å². The van der Waals surface area contributed by atoms with Crippen LogP contribution in [0.25, 0.3) is 110 Å². The molecule has 0 aliphatic rings. The van der Waals surface area contributed by atoms with Crippen LogP contribution >= 0.6 is 0 Å². The van der Waals surface area contributed by atoms with Crippen molar-refractivity contribution >= 4 is 65.0 Å². The molecule has 3 nitrogen and oxygen atoms in total. The molecule has 0 radical (unpaired) electrons. The number of nitrogens with zero attached hydrogens (tertiary/aromatic N) is 3. The first-order valence-corrected chi connectivity index (χ1v) is 18.4. The molecular weight excluding hydrogens is 655 g/mol. The summed E-state index contributed by atoms with van der Waals surface area (Å²) in [4.78, 5) is 16.1. The molecule has 0 aliphatic heterocycles. The van der Waals surface area contributed by atoms with Crippen LogP contribution in [-0.2, 0) is 0 Å². The van der Waals surface area contributed by atoms with Crippen LogP contribution in [0.5, 0.6) is 0 Å². The fourth-order valence-electron chi connectivity index (χ4n) is 8.30. The third-order valence-electron chi connectivity index (χ3n) is 10.8. The number of benzene rings is 9. The Balaban J connectivity index is 1.14. The zero-order valence-corrected chi connectivity index (χ0v) is 29.2. The van der Waals surface area contributed by atoms with Gasteiger partial charge in [-0.1, -0.05) is 158 Å². The fraction of sp³-hybridized carbons (Fsp3) is 0. The summed E-state index contributed by atoms with van der Waals surface area (Å²) in [5, 5.41) is 10.8. The van der Waals surface area contributed by atoms with E-state index in [1.807, 2.05) is 12.1 Å². The quantitative estimate of drug-likeness (QED) is 0.173. The van der Waals surface area contributed by atoms with Crippen LogP contribution < -0.4 is 0 Å². The van der Waals surface area contributed by atoms with Crippen molar-refractivity contribution in [2.24, 2.45) is 0 Å². The van der Waals surface area contributed by atoms with Gasteiger partial charge in [-0.25, -0.2) is 15.0 Å². The van der Waals surface area contributed by atoms with Crippen LogP contribution in [0.2, 0.25) is 0 Å². The minimum absolute atomic E-state index is 0.855. The fourth-order valence-corrected chi connectivity index (χ4v) is 8.30. The van der Waals surface area contributed by atoms with Crippen molar-refractivity contribution in [3.63, 3.8) is 0 Å². The highest BCUT2D eigenvalue weighted by molar-refractivity contribution is 6.26. The van der Waals surface area contributed by atoms with Gasteiger partial charge in [0.2, 0.25) is 0 Å². The molecule has 250 valence electrons. The van der Waals surface area contributed by atoms with E-state index in [0.29, 0.717) is 0 Å². The smallest absolute Gasteiger partial charge is 0.0980 e. The molecule has 0 saturated carbocycles. The van der Waals surface area contributed by atoms with Gasteiger partial charge in [0.25, 0.3) is 0 Å². The first kappa shape index (κ1) is 30.4. The van der Waals surface area contributed by atoms with Crippen LogP contribution in [0.3, 0.4) is 0 Å². The molecule has 0 saturated heterocycles. The van der Waals surface area contributed by atoms with Gasteiger partial charge in [0.1, 0.15) is 0 Å². The van der Waals surface area contributed by atoms with Crippen molar-refractivity contribution in [2.45, 2.75) is 0 Å². The van der Waals surface area contributed by atoms with E-state index in [1.165, 1.54) is 37.9 Å². The zero-order chi connectivity index (χ0) is 35.6. The second-order valence-electron chi connectivity index (χ2n) is 13.9. The number of rotatable bonds is 4. The molecule has 0 spiro atoms. The van der Waals surface area contributed by atoms with Gasteiger partial charge in [0.15, 0.2) is 0 Å². The van der Waals surface area contributed by atoms with Crippen molar-refractivity contribution in [3.05, 3.63) is 188 Å². The largest absolute Gasteiger partial charge is 0.247 e. The van der Waals surface area contributed by atoms with E-state index in [4.69, 9.17) is 15.0 Å². The number of pyridine rings is 1. The molecule has 0 bridgehead atoms. The topological polar surface area (TPSA) is 38.7 Å². The lowest BCUT2D eigenvalue weighted by Crippen LogP contribution is -1.98. The second-order valence-corrected chi connectivity index (χ2v) is 13.9.